The quantitative estimate of drug-likeness (QED) is 0.351. The van der Waals surface area contributed by atoms with Crippen LogP contribution in [0.4, 0.5) is 24.8 Å². The van der Waals surface area contributed by atoms with Gasteiger partial charge in [0, 0.05) is 18.9 Å². The van der Waals surface area contributed by atoms with Gasteiger partial charge in [0.25, 0.3) is 0 Å². The first-order valence-corrected chi connectivity index (χ1v) is 9.98. The molecule has 150 valence electrons. The zero-order chi connectivity index (χ0) is 21.2. The smallest absolute Gasteiger partial charge is 0.364 e. The number of aromatic nitrogens is 3. The van der Waals surface area contributed by atoms with Gasteiger partial charge in [0.1, 0.15) is 5.69 Å². The molecule has 0 amide bonds. The van der Waals surface area contributed by atoms with Crippen LogP contribution in [0.15, 0.2) is 41.6 Å². The number of nitrogens with one attached hydrogen (secondary N) is 1. The molecule has 11 heteroatoms. The minimum atomic E-state index is -4.59. The molecule has 5 nitrogen and oxygen atoms in total. The number of pyridine rings is 1. The summed E-state index contributed by atoms with van der Waals surface area (Å²) in [6, 6.07) is 5.18. The predicted molar refractivity (Wildman–Crippen MR) is 108 cm³/mol. The molecule has 3 aromatic rings. The first-order chi connectivity index (χ1) is 13.8. The highest BCUT2D eigenvalue weighted by atomic mass is 35.5. The molecule has 0 saturated carbocycles. The van der Waals surface area contributed by atoms with E-state index in [0.29, 0.717) is 17.3 Å². The molecule has 0 atom stereocenters. The maximum Gasteiger partial charge on any atom is 0.416 e. The number of benzene rings is 1. The second kappa shape index (κ2) is 8.53. The van der Waals surface area contributed by atoms with Crippen LogP contribution in [0.3, 0.4) is 0 Å². The van der Waals surface area contributed by atoms with Gasteiger partial charge < -0.3 is 10.2 Å². The summed E-state index contributed by atoms with van der Waals surface area (Å²) in [5.74, 6) is 0.491. The third kappa shape index (κ3) is 4.45. The molecule has 0 spiro atoms. The highest BCUT2D eigenvalue weighted by molar-refractivity contribution is 7.99. The zero-order valence-electron chi connectivity index (χ0n) is 14.8. The normalized spacial score (nSPS) is 11.3. The molecule has 0 radical (unpaired) electrons. The topological polar surface area (TPSA) is 47.1 Å². The molecule has 0 aliphatic heterocycles. The highest BCUT2D eigenvalue weighted by Gasteiger charge is 2.33. The summed E-state index contributed by atoms with van der Waals surface area (Å²) >= 11 is 13.6. The van der Waals surface area contributed by atoms with Crippen LogP contribution in [-0.4, -0.2) is 21.0 Å². The molecule has 29 heavy (non-hydrogen) atoms. The van der Waals surface area contributed by atoms with Gasteiger partial charge in [-0.2, -0.15) is 13.2 Å². The van der Waals surface area contributed by atoms with E-state index in [4.69, 9.17) is 29.8 Å². The number of anilines is 1. The summed E-state index contributed by atoms with van der Waals surface area (Å²) in [6.45, 7) is 7.74. The lowest BCUT2D eigenvalue weighted by atomic mass is 10.2. The van der Waals surface area contributed by atoms with Crippen LogP contribution in [0, 0.1) is 6.57 Å². The number of hydrogen-bond acceptors (Lipinski definition) is 4. The van der Waals surface area contributed by atoms with Gasteiger partial charge in [0.15, 0.2) is 5.82 Å². The Bertz CT molecular complexity index is 1050. The van der Waals surface area contributed by atoms with Crippen molar-refractivity contribution < 1.29 is 13.2 Å². The fourth-order valence-corrected chi connectivity index (χ4v) is 3.86. The van der Waals surface area contributed by atoms with Gasteiger partial charge in [-0.3, -0.25) is 4.98 Å². The van der Waals surface area contributed by atoms with E-state index < -0.39 is 11.7 Å². The van der Waals surface area contributed by atoms with Gasteiger partial charge in [-0.05, 0) is 41.2 Å². The van der Waals surface area contributed by atoms with E-state index in [1.54, 1.807) is 30.8 Å². The molecule has 2 aromatic heterocycles. The second-order valence-corrected chi connectivity index (χ2v) is 7.36. The minimum Gasteiger partial charge on any atom is -0.364 e. The second-order valence-electron chi connectivity index (χ2n) is 5.72. The summed E-state index contributed by atoms with van der Waals surface area (Å²) in [4.78, 5) is 7.88. The Labute approximate surface area is 178 Å². The third-order valence-corrected chi connectivity index (χ3v) is 5.26. The van der Waals surface area contributed by atoms with Crippen molar-refractivity contribution in [1.82, 2.24) is 14.8 Å². The molecule has 3 rings (SSSR count). The summed E-state index contributed by atoms with van der Waals surface area (Å²) in [5, 5.41) is 6.92. The van der Waals surface area contributed by atoms with Gasteiger partial charge in [-0.1, -0.05) is 29.8 Å². The lowest BCUT2D eigenvalue weighted by Crippen LogP contribution is -2.10. The highest BCUT2D eigenvalue weighted by Crippen LogP contribution is 2.42. The van der Waals surface area contributed by atoms with E-state index >= 15 is 0 Å². The van der Waals surface area contributed by atoms with Crippen LogP contribution in [0.5, 0.6) is 0 Å². The van der Waals surface area contributed by atoms with Gasteiger partial charge in [-0.25, -0.2) is 0 Å². The monoisotopic (exact) mass is 457 g/mol. The molecule has 1 aromatic carbocycles. The molecule has 0 aliphatic rings. The van der Waals surface area contributed by atoms with Crippen molar-refractivity contribution in [3.63, 3.8) is 0 Å². The number of nitrogens with zero attached hydrogens (tertiary/aromatic N) is 4. The van der Waals surface area contributed by atoms with Gasteiger partial charge in [-0.15, -0.1) is 16.4 Å². The van der Waals surface area contributed by atoms with E-state index in [1.165, 1.54) is 16.4 Å². The number of thioether (sulfide) groups is 1. The van der Waals surface area contributed by atoms with Crippen molar-refractivity contribution in [2.75, 3.05) is 11.6 Å². The Morgan fingerprint density at radius 1 is 1.21 bits per heavy atom. The Balaban J connectivity index is 2.12. The molecule has 0 fully saturated rings. The van der Waals surface area contributed by atoms with Crippen molar-refractivity contribution in [2.24, 2.45) is 0 Å². The fourth-order valence-electron chi connectivity index (χ4n) is 2.59. The molecule has 0 unspecified atom stereocenters. The van der Waals surface area contributed by atoms with Crippen LogP contribution in [-0.2, 0) is 12.7 Å². The van der Waals surface area contributed by atoms with Crippen LogP contribution < -0.4 is 5.32 Å². The standard InChI is InChI=1S/C18H12Cl2F3N5S/c1-24-16-15(29-2)17(26-9-10-3-5-25-6-4-10)28(27-16)14-12(19)7-11(8-13(14)20)18(21,22)23/h3-8,26H,9H2,2H3. The lowest BCUT2D eigenvalue weighted by Gasteiger charge is -2.14. The molecule has 1 N–H and O–H groups in total. The van der Waals surface area contributed by atoms with E-state index in [0.717, 1.165) is 17.7 Å². The maximum atomic E-state index is 13.0. The van der Waals surface area contributed by atoms with Crippen molar-refractivity contribution in [3.8, 4) is 5.69 Å². The van der Waals surface area contributed by atoms with E-state index in [9.17, 15) is 13.2 Å². The number of halogens is 5. The van der Waals surface area contributed by atoms with Crippen LogP contribution in [0.2, 0.25) is 10.0 Å². The molecule has 0 bridgehead atoms. The first-order valence-electron chi connectivity index (χ1n) is 8.00. The number of rotatable bonds is 5. The van der Waals surface area contributed by atoms with Gasteiger partial charge in [0.2, 0.25) is 0 Å². The van der Waals surface area contributed by atoms with E-state index in [2.05, 4.69) is 20.2 Å². The van der Waals surface area contributed by atoms with Crippen molar-refractivity contribution in [2.45, 2.75) is 17.6 Å². The van der Waals surface area contributed by atoms with Crippen LogP contribution in [0.1, 0.15) is 11.1 Å². The first kappa shape index (κ1) is 21.3. The summed E-state index contributed by atoms with van der Waals surface area (Å²) < 4.78 is 40.4. The zero-order valence-corrected chi connectivity index (χ0v) is 17.1. The average Bonchev–Trinajstić information content (AvgIpc) is 3.03. The van der Waals surface area contributed by atoms with Crippen molar-refractivity contribution in [3.05, 3.63) is 69.2 Å². The van der Waals surface area contributed by atoms with Crippen molar-refractivity contribution in [1.29, 1.82) is 0 Å². The predicted octanol–water partition coefficient (Wildman–Crippen LogP) is 6.48. The molecule has 2 heterocycles. The van der Waals surface area contributed by atoms with E-state index in [1.807, 2.05) is 0 Å². The largest absolute Gasteiger partial charge is 0.416 e. The molecular weight excluding hydrogens is 446 g/mol. The van der Waals surface area contributed by atoms with E-state index in [-0.39, 0.29) is 21.6 Å². The van der Waals surface area contributed by atoms with Crippen molar-refractivity contribution >= 4 is 46.6 Å². The summed E-state index contributed by atoms with van der Waals surface area (Å²) in [6.07, 6.45) is 0.448. The number of alkyl halides is 3. The Morgan fingerprint density at radius 3 is 2.34 bits per heavy atom. The van der Waals surface area contributed by atoms with Gasteiger partial charge in [0.05, 0.1) is 20.5 Å². The van der Waals surface area contributed by atoms with Gasteiger partial charge >= 0.3 is 12.0 Å². The maximum absolute atomic E-state index is 13.0. The van der Waals surface area contributed by atoms with Crippen LogP contribution >= 0.6 is 35.0 Å². The summed E-state index contributed by atoms with van der Waals surface area (Å²) in [5.41, 5.74) is 0.00253. The molecule has 0 saturated heterocycles. The Morgan fingerprint density at radius 2 is 1.83 bits per heavy atom. The Kier molecular flexibility index (Phi) is 6.27. The third-order valence-electron chi connectivity index (χ3n) is 3.90. The average molecular weight is 458 g/mol. The fraction of sp³-hybridized carbons (Fsp3) is 0.167. The number of hydrogen-bond donors (Lipinski definition) is 1. The molecular formula is C18H12Cl2F3N5S. The van der Waals surface area contributed by atoms with Crippen LogP contribution in [0.25, 0.3) is 10.5 Å². The minimum absolute atomic E-state index is 0.0590. The Hall–Kier alpha value is -2.41. The SMILES string of the molecule is [C-]#[N+]c1nn(-c2c(Cl)cc(C(F)(F)F)cc2Cl)c(NCc2ccncc2)c1SC. The molecule has 0 aliphatic carbocycles. The summed E-state index contributed by atoms with van der Waals surface area (Å²) in [7, 11) is 0. The lowest BCUT2D eigenvalue weighted by molar-refractivity contribution is -0.137.